The minimum Gasteiger partial charge on any atom is -0.271 e. The first kappa shape index (κ1) is 15.5. The number of tetrazole rings is 1. The molecule has 2 aromatic heterocycles. The lowest BCUT2D eigenvalue weighted by Gasteiger charge is -2.00. The van der Waals surface area contributed by atoms with E-state index < -0.39 is 0 Å². The van der Waals surface area contributed by atoms with Crippen molar-refractivity contribution in [3.05, 3.63) is 41.7 Å². The highest BCUT2D eigenvalue weighted by Gasteiger charge is 2.11. The first-order chi connectivity index (χ1) is 11.6. The molecular formula is C14H14N8O2. The first-order valence-corrected chi connectivity index (χ1v) is 7.09. The number of hydrogen-bond acceptors (Lipinski definition) is 8. The first-order valence-electron chi connectivity index (χ1n) is 7.09. The highest BCUT2D eigenvalue weighted by Crippen LogP contribution is 2.11. The molecule has 1 aromatic carbocycles. The molecule has 0 unspecified atom stereocenters. The van der Waals surface area contributed by atoms with Crippen LogP contribution in [0.25, 0.3) is 11.4 Å². The summed E-state index contributed by atoms with van der Waals surface area (Å²) >= 11 is 0. The maximum absolute atomic E-state index is 11.9. The Labute approximate surface area is 136 Å². The van der Waals surface area contributed by atoms with E-state index in [1.54, 1.807) is 13.8 Å². The van der Waals surface area contributed by atoms with Gasteiger partial charge in [-0.25, -0.2) is 10.1 Å². The summed E-state index contributed by atoms with van der Waals surface area (Å²) in [6, 6.07) is 9.38. The fourth-order valence-corrected chi connectivity index (χ4v) is 1.94. The van der Waals surface area contributed by atoms with Crippen LogP contribution < -0.4 is 5.43 Å². The molecule has 0 radical (unpaired) electrons. The lowest BCUT2D eigenvalue weighted by atomic mass is 10.2. The number of rotatable bonds is 5. The highest BCUT2D eigenvalue weighted by atomic mass is 16.6. The van der Waals surface area contributed by atoms with Gasteiger partial charge < -0.3 is 0 Å². The molecule has 10 heteroatoms. The molecule has 3 rings (SSSR count). The van der Waals surface area contributed by atoms with Crippen LogP contribution in [0, 0.1) is 6.92 Å². The van der Waals surface area contributed by atoms with Gasteiger partial charge in [0.05, 0.1) is 5.71 Å². The second-order valence-corrected chi connectivity index (χ2v) is 4.94. The molecule has 0 aliphatic heterocycles. The number of nitrogens with zero attached hydrogens (tertiary/aromatic N) is 7. The van der Waals surface area contributed by atoms with Crippen LogP contribution in [0.4, 0.5) is 0 Å². The van der Waals surface area contributed by atoms with Crippen molar-refractivity contribution in [2.45, 2.75) is 20.4 Å². The largest absolute Gasteiger partial charge is 0.271 e. The maximum Gasteiger partial charge on any atom is 0.263 e. The van der Waals surface area contributed by atoms with E-state index in [1.165, 1.54) is 4.80 Å². The third kappa shape index (κ3) is 3.48. The Morgan fingerprint density at radius 1 is 1.29 bits per heavy atom. The summed E-state index contributed by atoms with van der Waals surface area (Å²) in [6.45, 7) is 3.32. The maximum atomic E-state index is 11.9. The molecule has 0 aliphatic carbocycles. The van der Waals surface area contributed by atoms with Gasteiger partial charge in [-0.1, -0.05) is 35.5 Å². The second kappa shape index (κ2) is 6.77. The third-order valence-corrected chi connectivity index (χ3v) is 3.11. The van der Waals surface area contributed by atoms with Gasteiger partial charge in [0.1, 0.15) is 12.2 Å². The summed E-state index contributed by atoms with van der Waals surface area (Å²) in [5.74, 6) is 0.0628. The molecule has 1 N–H and O–H groups in total. The summed E-state index contributed by atoms with van der Waals surface area (Å²) in [5, 5.41) is 23.2. The standard InChI is InChI=1S/C14H14N8O2/c1-9(13-10(2)19-24-20-13)15-16-12(23)8-22-18-14(17-21-22)11-6-4-3-5-7-11/h3-7H,8H2,1-2H3,(H,16,23)/b15-9+. The topological polar surface area (TPSA) is 124 Å². The van der Waals surface area contributed by atoms with E-state index in [-0.39, 0.29) is 12.5 Å². The molecule has 0 spiro atoms. The molecule has 2 heterocycles. The van der Waals surface area contributed by atoms with Crippen LogP contribution >= 0.6 is 0 Å². The number of aryl methyl sites for hydroxylation is 1. The van der Waals surface area contributed by atoms with Crippen molar-refractivity contribution in [3.8, 4) is 11.4 Å². The van der Waals surface area contributed by atoms with Crippen molar-refractivity contribution in [1.29, 1.82) is 0 Å². The smallest absolute Gasteiger partial charge is 0.263 e. The van der Waals surface area contributed by atoms with Gasteiger partial charge in [-0.05, 0) is 24.2 Å². The number of aromatic nitrogens is 6. The van der Waals surface area contributed by atoms with Gasteiger partial charge in [0.15, 0.2) is 5.69 Å². The van der Waals surface area contributed by atoms with Crippen LogP contribution in [0.5, 0.6) is 0 Å². The van der Waals surface area contributed by atoms with Crippen molar-refractivity contribution in [2.75, 3.05) is 0 Å². The van der Waals surface area contributed by atoms with Gasteiger partial charge in [0.2, 0.25) is 5.82 Å². The Morgan fingerprint density at radius 3 is 2.79 bits per heavy atom. The minimum absolute atomic E-state index is 0.105. The molecule has 0 saturated heterocycles. The van der Waals surface area contributed by atoms with E-state index in [1.807, 2.05) is 30.3 Å². The summed E-state index contributed by atoms with van der Waals surface area (Å²) in [4.78, 5) is 13.1. The van der Waals surface area contributed by atoms with Crippen LogP contribution in [0.1, 0.15) is 18.3 Å². The molecule has 0 aliphatic rings. The number of hydrazone groups is 1. The SMILES string of the molecule is C/C(=N\NC(=O)Cn1nnc(-c2ccccc2)n1)c1nonc1C. The predicted octanol–water partition coefficient (Wildman–Crippen LogP) is 0.572. The number of carbonyl (C=O) groups is 1. The molecule has 1 amide bonds. The molecule has 3 aromatic rings. The molecule has 122 valence electrons. The number of nitrogens with one attached hydrogen (secondary N) is 1. The van der Waals surface area contributed by atoms with Crippen molar-refractivity contribution >= 4 is 11.6 Å². The van der Waals surface area contributed by atoms with Gasteiger partial charge >= 0.3 is 0 Å². The lowest BCUT2D eigenvalue weighted by Crippen LogP contribution is -2.25. The van der Waals surface area contributed by atoms with E-state index >= 15 is 0 Å². The summed E-state index contributed by atoms with van der Waals surface area (Å²) in [7, 11) is 0. The summed E-state index contributed by atoms with van der Waals surface area (Å²) < 4.78 is 4.59. The number of amides is 1. The Hall–Kier alpha value is -3.43. The quantitative estimate of drug-likeness (QED) is 0.537. The Kier molecular flexibility index (Phi) is 4.36. The van der Waals surface area contributed by atoms with Gasteiger partial charge in [-0.2, -0.15) is 9.90 Å². The Morgan fingerprint density at radius 2 is 2.08 bits per heavy atom. The van der Waals surface area contributed by atoms with E-state index in [9.17, 15) is 4.79 Å². The van der Waals surface area contributed by atoms with Crippen LogP contribution in [-0.2, 0) is 11.3 Å². The summed E-state index contributed by atoms with van der Waals surface area (Å²) in [6.07, 6.45) is 0. The lowest BCUT2D eigenvalue weighted by molar-refractivity contribution is -0.122. The van der Waals surface area contributed by atoms with Crippen LogP contribution in [0.15, 0.2) is 40.1 Å². The van der Waals surface area contributed by atoms with Crippen molar-refractivity contribution in [3.63, 3.8) is 0 Å². The van der Waals surface area contributed by atoms with Crippen LogP contribution in [-0.4, -0.2) is 42.1 Å². The molecule has 10 nitrogen and oxygen atoms in total. The van der Waals surface area contributed by atoms with E-state index in [2.05, 4.69) is 40.9 Å². The van der Waals surface area contributed by atoms with E-state index in [0.717, 1.165) is 5.56 Å². The zero-order valence-corrected chi connectivity index (χ0v) is 13.0. The van der Waals surface area contributed by atoms with Gasteiger partial charge in [0.25, 0.3) is 5.91 Å². The van der Waals surface area contributed by atoms with Crippen molar-refractivity contribution in [2.24, 2.45) is 5.10 Å². The van der Waals surface area contributed by atoms with Gasteiger partial charge in [-0.3, -0.25) is 4.79 Å². The Bertz CT molecular complexity index is 868. The fourth-order valence-electron chi connectivity index (χ4n) is 1.94. The van der Waals surface area contributed by atoms with Crippen LogP contribution in [0.3, 0.4) is 0 Å². The van der Waals surface area contributed by atoms with E-state index in [0.29, 0.717) is 22.9 Å². The minimum atomic E-state index is -0.388. The zero-order valence-electron chi connectivity index (χ0n) is 13.0. The average Bonchev–Trinajstić information content (AvgIpc) is 3.22. The number of hydrogen-bond donors (Lipinski definition) is 1. The predicted molar refractivity (Wildman–Crippen MR) is 82.6 cm³/mol. The monoisotopic (exact) mass is 326 g/mol. The zero-order chi connectivity index (χ0) is 16.9. The molecule has 24 heavy (non-hydrogen) atoms. The molecule has 0 atom stereocenters. The summed E-state index contributed by atoms with van der Waals surface area (Å²) in [5.41, 5.74) is 4.80. The molecule has 0 fully saturated rings. The van der Waals surface area contributed by atoms with Gasteiger partial charge in [0, 0.05) is 5.56 Å². The van der Waals surface area contributed by atoms with Crippen molar-refractivity contribution < 1.29 is 9.42 Å². The molecule has 0 saturated carbocycles. The molecular weight excluding hydrogens is 312 g/mol. The third-order valence-electron chi connectivity index (χ3n) is 3.11. The molecule has 0 bridgehead atoms. The van der Waals surface area contributed by atoms with Crippen molar-refractivity contribution in [1.82, 2.24) is 35.9 Å². The normalized spacial score (nSPS) is 11.5. The van der Waals surface area contributed by atoms with E-state index in [4.69, 9.17) is 0 Å². The second-order valence-electron chi connectivity index (χ2n) is 4.94. The fraction of sp³-hybridized carbons (Fsp3) is 0.214. The average molecular weight is 326 g/mol. The Balaban J connectivity index is 1.62. The number of benzene rings is 1. The number of carbonyl (C=O) groups excluding carboxylic acids is 1. The van der Waals surface area contributed by atoms with Gasteiger partial charge in [-0.15, -0.1) is 10.2 Å². The van der Waals surface area contributed by atoms with Crippen LogP contribution in [0.2, 0.25) is 0 Å². The highest BCUT2D eigenvalue weighted by molar-refractivity contribution is 5.98.